The van der Waals surface area contributed by atoms with Gasteiger partial charge < -0.3 is 10.5 Å². The zero-order valence-corrected chi connectivity index (χ0v) is 13.6. The first-order valence-corrected chi connectivity index (χ1v) is 7.73. The van der Waals surface area contributed by atoms with Gasteiger partial charge in [0.25, 0.3) is 0 Å². The van der Waals surface area contributed by atoms with Crippen LogP contribution < -0.4 is 10.5 Å². The number of hydrogen-bond donors (Lipinski definition) is 1. The molecule has 0 aliphatic carbocycles. The minimum absolute atomic E-state index is 0.253. The molecule has 0 saturated heterocycles. The first-order valence-electron chi connectivity index (χ1n) is 6.12. The van der Waals surface area contributed by atoms with Gasteiger partial charge in [-0.1, -0.05) is 22.9 Å². The molecule has 0 amide bonds. The van der Waals surface area contributed by atoms with Crippen LogP contribution in [0.1, 0.15) is 34.1 Å². The largest absolute Gasteiger partial charge is 0.496 e. The fourth-order valence-electron chi connectivity index (χ4n) is 1.99. The maximum absolute atomic E-state index is 6.35. The molecule has 0 saturated carbocycles. The predicted octanol–water partition coefficient (Wildman–Crippen LogP) is 3.83. The molecule has 1 aromatic carbocycles. The number of halogens is 1. The third-order valence-corrected chi connectivity index (χ3v) is 4.63. The van der Waals surface area contributed by atoms with Crippen LogP contribution in [0, 0.1) is 6.92 Å². The number of rotatable bonds is 4. The Morgan fingerprint density at radius 1 is 1.47 bits per heavy atom. The van der Waals surface area contributed by atoms with E-state index in [2.05, 4.69) is 34.8 Å². The Bertz CT molecular complexity index is 583. The topological polar surface area (TPSA) is 48.1 Å². The first-order chi connectivity index (χ1) is 9.06. The van der Waals surface area contributed by atoms with E-state index in [9.17, 15) is 0 Å². The summed E-state index contributed by atoms with van der Waals surface area (Å²) < 4.78 is 6.37. The van der Waals surface area contributed by atoms with Crippen molar-refractivity contribution in [2.45, 2.75) is 26.3 Å². The van der Waals surface area contributed by atoms with E-state index >= 15 is 0 Å². The monoisotopic (exact) mass is 340 g/mol. The van der Waals surface area contributed by atoms with E-state index in [4.69, 9.17) is 10.5 Å². The normalized spacial score (nSPS) is 12.5. The number of hydrogen-bond acceptors (Lipinski definition) is 4. The second-order valence-electron chi connectivity index (χ2n) is 4.27. The standard InChI is InChI=1S/C14H17BrN2OS/c1-4-11-8(2)19-14(17-11)13(16)10-7-9(15)5-6-12(10)18-3/h5-7,13H,4,16H2,1-3H3. The van der Waals surface area contributed by atoms with Crippen molar-refractivity contribution in [2.75, 3.05) is 7.11 Å². The molecule has 1 unspecified atom stereocenters. The first kappa shape index (κ1) is 14.5. The molecule has 0 aliphatic heterocycles. The molecule has 0 fully saturated rings. The van der Waals surface area contributed by atoms with Crippen LogP contribution in [-0.2, 0) is 6.42 Å². The van der Waals surface area contributed by atoms with Gasteiger partial charge in [-0.05, 0) is 31.5 Å². The van der Waals surface area contributed by atoms with Crippen molar-refractivity contribution in [2.24, 2.45) is 5.73 Å². The van der Waals surface area contributed by atoms with Crippen LogP contribution in [0.25, 0.3) is 0 Å². The van der Waals surface area contributed by atoms with Crippen LogP contribution in [0.4, 0.5) is 0 Å². The second-order valence-corrected chi connectivity index (χ2v) is 6.42. The minimum atomic E-state index is -0.253. The van der Waals surface area contributed by atoms with Crippen molar-refractivity contribution in [3.05, 3.63) is 43.8 Å². The van der Waals surface area contributed by atoms with E-state index in [1.807, 2.05) is 18.2 Å². The number of aryl methyl sites for hydroxylation is 2. The van der Waals surface area contributed by atoms with Crippen molar-refractivity contribution in [3.8, 4) is 5.75 Å². The molecule has 3 nitrogen and oxygen atoms in total. The molecule has 1 aromatic heterocycles. The quantitative estimate of drug-likeness (QED) is 0.919. The molecule has 19 heavy (non-hydrogen) atoms. The van der Waals surface area contributed by atoms with Crippen LogP contribution >= 0.6 is 27.3 Å². The number of nitrogens with two attached hydrogens (primary N) is 1. The molecule has 0 bridgehead atoms. The summed E-state index contributed by atoms with van der Waals surface area (Å²) >= 11 is 5.13. The van der Waals surface area contributed by atoms with Gasteiger partial charge in [0, 0.05) is 14.9 Å². The summed E-state index contributed by atoms with van der Waals surface area (Å²) in [4.78, 5) is 5.87. The number of thiazole rings is 1. The highest BCUT2D eigenvalue weighted by molar-refractivity contribution is 9.10. The molecule has 0 radical (unpaired) electrons. The van der Waals surface area contributed by atoms with Gasteiger partial charge in [0.1, 0.15) is 10.8 Å². The number of ether oxygens (including phenoxy) is 1. The van der Waals surface area contributed by atoms with Gasteiger partial charge in [0.2, 0.25) is 0 Å². The fourth-order valence-corrected chi connectivity index (χ4v) is 3.40. The van der Waals surface area contributed by atoms with E-state index < -0.39 is 0 Å². The van der Waals surface area contributed by atoms with Crippen molar-refractivity contribution < 1.29 is 4.74 Å². The summed E-state index contributed by atoms with van der Waals surface area (Å²) in [7, 11) is 1.66. The van der Waals surface area contributed by atoms with E-state index in [0.717, 1.165) is 32.9 Å². The lowest BCUT2D eigenvalue weighted by atomic mass is 10.1. The Kier molecular flexibility index (Phi) is 4.60. The highest BCUT2D eigenvalue weighted by Gasteiger charge is 2.19. The van der Waals surface area contributed by atoms with Crippen LogP contribution in [0.3, 0.4) is 0 Å². The summed E-state index contributed by atoms with van der Waals surface area (Å²) in [5.74, 6) is 0.793. The lowest BCUT2D eigenvalue weighted by molar-refractivity contribution is 0.407. The molecule has 2 N–H and O–H groups in total. The van der Waals surface area contributed by atoms with Crippen LogP contribution in [0.2, 0.25) is 0 Å². The Balaban J connectivity index is 2.42. The van der Waals surface area contributed by atoms with Gasteiger partial charge in [0.15, 0.2) is 0 Å². The van der Waals surface area contributed by atoms with Crippen LogP contribution in [-0.4, -0.2) is 12.1 Å². The zero-order chi connectivity index (χ0) is 14.0. The van der Waals surface area contributed by atoms with Gasteiger partial charge in [-0.3, -0.25) is 0 Å². The van der Waals surface area contributed by atoms with Gasteiger partial charge >= 0.3 is 0 Å². The van der Waals surface area contributed by atoms with Crippen molar-refractivity contribution in [1.29, 1.82) is 0 Å². The molecule has 102 valence electrons. The summed E-state index contributed by atoms with van der Waals surface area (Å²) in [6, 6.07) is 5.60. The van der Waals surface area contributed by atoms with Gasteiger partial charge in [-0.15, -0.1) is 11.3 Å². The molecule has 2 rings (SSSR count). The smallest absolute Gasteiger partial charge is 0.124 e. The number of methoxy groups -OCH3 is 1. The maximum Gasteiger partial charge on any atom is 0.124 e. The summed E-state index contributed by atoms with van der Waals surface area (Å²) in [5, 5.41) is 0.936. The Morgan fingerprint density at radius 3 is 2.79 bits per heavy atom. The second kappa shape index (κ2) is 6.03. The van der Waals surface area contributed by atoms with Crippen LogP contribution in [0.5, 0.6) is 5.75 Å². The lowest BCUT2D eigenvalue weighted by Crippen LogP contribution is -2.13. The van der Waals surface area contributed by atoms with E-state index in [0.29, 0.717) is 0 Å². The average Bonchev–Trinajstić information content (AvgIpc) is 2.79. The van der Waals surface area contributed by atoms with Crippen LogP contribution in [0.15, 0.2) is 22.7 Å². The van der Waals surface area contributed by atoms with Crippen molar-refractivity contribution in [1.82, 2.24) is 4.98 Å². The SMILES string of the molecule is CCc1nc(C(N)c2cc(Br)ccc2OC)sc1C. The molecule has 2 aromatic rings. The zero-order valence-electron chi connectivity index (χ0n) is 11.2. The fraction of sp³-hybridized carbons (Fsp3) is 0.357. The highest BCUT2D eigenvalue weighted by atomic mass is 79.9. The Morgan fingerprint density at radius 2 is 2.21 bits per heavy atom. The summed E-state index contributed by atoms with van der Waals surface area (Å²) in [5.41, 5.74) is 8.43. The maximum atomic E-state index is 6.35. The third kappa shape index (κ3) is 2.99. The Hall–Kier alpha value is -0.910. The number of nitrogens with zero attached hydrogens (tertiary/aromatic N) is 1. The predicted molar refractivity (Wildman–Crippen MR) is 83.0 cm³/mol. The molecular weight excluding hydrogens is 324 g/mol. The summed E-state index contributed by atoms with van der Waals surface area (Å²) in [6.07, 6.45) is 0.935. The molecular formula is C14H17BrN2OS. The summed E-state index contributed by atoms with van der Waals surface area (Å²) in [6.45, 7) is 4.20. The molecule has 1 atom stereocenters. The molecule has 5 heteroatoms. The molecule has 0 aliphatic rings. The van der Waals surface area contributed by atoms with Gasteiger partial charge in [0.05, 0.1) is 18.8 Å². The van der Waals surface area contributed by atoms with Gasteiger partial charge in [-0.25, -0.2) is 4.98 Å². The van der Waals surface area contributed by atoms with E-state index in [-0.39, 0.29) is 6.04 Å². The Labute approximate surface area is 125 Å². The molecule has 1 heterocycles. The van der Waals surface area contributed by atoms with Crippen molar-refractivity contribution >= 4 is 27.3 Å². The molecule has 0 spiro atoms. The van der Waals surface area contributed by atoms with Crippen molar-refractivity contribution in [3.63, 3.8) is 0 Å². The average molecular weight is 341 g/mol. The lowest BCUT2D eigenvalue weighted by Gasteiger charge is -2.14. The minimum Gasteiger partial charge on any atom is -0.496 e. The number of aromatic nitrogens is 1. The van der Waals surface area contributed by atoms with E-state index in [1.54, 1.807) is 18.4 Å². The van der Waals surface area contributed by atoms with Gasteiger partial charge in [-0.2, -0.15) is 0 Å². The number of benzene rings is 1. The highest BCUT2D eigenvalue weighted by Crippen LogP contribution is 2.33. The van der Waals surface area contributed by atoms with E-state index in [1.165, 1.54) is 4.88 Å². The third-order valence-electron chi connectivity index (χ3n) is 3.04.